The second-order valence-electron chi connectivity index (χ2n) is 27.4. The van der Waals surface area contributed by atoms with E-state index in [1.165, 1.54) is 131 Å². The fraction of sp³-hybridized carbons (Fsp3) is 0.0930. The van der Waals surface area contributed by atoms with Crippen LogP contribution in [0.15, 0.2) is 279 Å². The number of hydrogen-bond acceptors (Lipinski definition) is 2. The van der Waals surface area contributed by atoms with Gasteiger partial charge in [-0.05, 0) is 168 Å². The normalized spacial score (nSPS) is 12.7. The summed E-state index contributed by atoms with van der Waals surface area (Å²) in [4.78, 5) is 5.01. The summed E-state index contributed by atoms with van der Waals surface area (Å²) < 4.78 is 10.0. The van der Waals surface area contributed by atoms with E-state index in [0.717, 1.165) is 45.5 Å². The van der Waals surface area contributed by atoms with Gasteiger partial charge >= 0.3 is 0 Å². The largest absolute Gasteiger partial charge is 0.310 e. The monoisotopic (exact) mass is 1180 g/mol. The molecule has 92 heavy (non-hydrogen) atoms. The van der Waals surface area contributed by atoms with Crippen LogP contribution in [-0.2, 0) is 10.8 Å². The third-order valence-electron chi connectivity index (χ3n) is 20.0. The molecule has 0 N–H and O–H groups in total. The first kappa shape index (κ1) is 52.6. The van der Waals surface area contributed by atoms with Crippen molar-refractivity contribution in [2.75, 3.05) is 9.80 Å². The fourth-order valence-corrected chi connectivity index (χ4v) is 15.8. The van der Waals surface area contributed by atoms with Gasteiger partial charge < -0.3 is 27.7 Å². The van der Waals surface area contributed by atoms with Crippen LogP contribution in [0.1, 0.15) is 52.7 Å². The number of nitrogens with zero attached hydrogens (tertiary/aromatic N) is 6. The average molecular weight is 1180 g/mol. The van der Waals surface area contributed by atoms with Crippen LogP contribution in [0.25, 0.3) is 131 Å². The summed E-state index contributed by atoms with van der Waals surface area (Å²) >= 11 is 0. The minimum absolute atomic E-state index is 0.0760. The first-order valence-electron chi connectivity index (χ1n) is 32.3. The molecule has 6 heteroatoms. The molecule has 0 aliphatic carbocycles. The number of anilines is 6. The summed E-state index contributed by atoms with van der Waals surface area (Å²) in [6.45, 7) is 14.0. The van der Waals surface area contributed by atoms with Crippen molar-refractivity contribution in [3.8, 4) is 11.4 Å². The maximum absolute atomic E-state index is 2.60. The van der Waals surface area contributed by atoms with Gasteiger partial charge in [0.25, 0.3) is 0 Å². The predicted molar refractivity (Wildman–Crippen MR) is 391 cm³/mol. The number of fused-ring (bicyclic) bond motifs is 18. The topological polar surface area (TPSA) is 25.2 Å². The third kappa shape index (κ3) is 7.43. The van der Waals surface area contributed by atoms with Gasteiger partial charge in [0.15, 0.2) is 0 Å². The summed E-state index contributed by atoms with van der Waals surface area (Å²) in [5.41, 5.74) is 23.5. The molecule has 6 nitrogen and oxygen atoms in total. The van der Waals surface area contributed by atoms with Crippen molar-refractivity contribution >= 4 is 154 Å². The molecule has 0 amide bonds. The fourth-order valence-electron chi connectivity index (χ4n) is 15.8. The van der Waals surface area contributed by atoms with Gasteiger partial charge in [-0.25, -0.2) is 0 Å². The Morgan fingerprint density at radius 2 is 0.587 bits per heavy atom. The van der Waals surface area contributed by atoms with Crippen LogP contribution in [0.4, 0.5) is 34.1 Å². The Hall–Kier alpha value is -11.3. The van der Waals surface area contributed by atoms with Gasteiger partial charge in [-0.1, -0.05) is 175 Å². The van der Waals surface area contributed by atoms with E-state index in [4.69, 9.17) is 0 Å². The van der Waals surface area contributed by atoms with Crippen LogP contribution < -0.4 is 9.80 Å². The molecule has 0 saturated carbocycles. The highest BCUT2D eigenvalue weighted by molar-refractivity contribution is 6.32. The van der Waals surface area contributed by atoms with E-state index in [9.17, 15) is 0 Å². The molecule has 0 bridgehead atoms. The average Bonchev–Trinajstić information content (AvgIpc) is 1.51. The second kappa shape index (κ2) is 19.1. The van der Waals surface area contributed by atoms with Crippen molar-refractivity contribution in [3.63, 3.8) is 0 Å². The van der Waals surface area contributed by atoms with Crippen LogP contribution in [0.3, 0.4) is 0 Å². The molecular formula is C86H64N6. The quantitative estimate of drug-likeness (QED) is 0.151. The molecule has 0 aliphatic rings. The van der Waals surface area contributed by atoms with Gasteiger partial charge in [-0.3, -0.25) is 0 Å². The SMILES string of the molecule is CC(C)(C)c1ccc2c(c1)c1c(N(c3ccccc3)c3ccc4c(c3)c3ccccc3n4-c3ccccc3)ccc3c4cc5c(cc4n2c31)c1ccc(N(c2ccccc2)c2ccc3c(c2)c2ccccc2n3-c2ccccc2)c2c3cc(C(C)(C)C)ccc3n5c12. The lowest BCUT2D eigenvalue weighted by Gasteiger charge is -2.27. The molecule has 6 aromatic heterocycles. The zero-order valence-corrected chi connectivity index (χ0v) is 52.2. The lowest BCUT2D eigenvalue weighted by molar-refractivity contribution is 0.591. The highest BCUT2D eigenvalue weighted by atomic mass is 15.2. The molecule has 0 radical (unpaired) electrons. The van der Waals surface area contributed by atoms with Crippen molar-refractivity contribution in [1.29, 1.82) is 0 Å². The summed E-state index contributed by atoms with van der Waals surface area (Å²) in [6, 6.07) is 104. The molecule has 0 aliphatic heterocycles. The van der Waals surface area contributed by atoms with Crippen LogP contribution in [0, 0.1) is 0 Å². The van der Waals surface area contributed by atoms with Crippen LogP contribution >= 0.6 is 0 Å². The maximum Gasteiger partial charge on any atom is 0.0641 e. The van der Waals surface area contributed by atoms with Gasteiger partial charge in [-0.2, -0.15) is 0 Å². The number of benzene rings is 13. The molecule has 0 saturated heterocycles. The molecule has 0 atom stereocenters. The first-order valence-corrected chi connectivity index (χ1v) is 32.3. The van der Waals surface area contributed by atoms with Gasteiger partial charge in [0.2, 0.25) is 0 Å². The molecule has 0 spiro atoms. The number of para-hydroxylation sites is 6. The van der Waals surface area contributed by atoms with Crippen molar-refractivity contribution in [2.24, 2.45) is 0 Å². The Balaban J connectivity index is 0.874. The molecular weight excluding hydrogens is 1120 g/mol. The third-order valence-corrected chi connectivity index (χ3v) is 20.0. The lowest BCUT2D eigenvalue weighted by Crippen LogP contribution is -2.11. The van der Waals surface area contributed by atoms with Gasteiger partial charge in [0, 0.05) is 98.8 Å². The molecule has 0 unspecified atom stereocenters. The minimum Gasteiger partial charge on any atom is -0.310 e. The lowest BCUT2D eigenvalue weighted by atomic mass is 9.86. The predicted octanol–water partition coefficient (Wildman–Crippen LogP) is 23.7. The number of hydrogen-bond donors (Lipinski definition) is 0. The molecule has 6 heterocycles. The Labute approximate surface area is 532 Å². The molecule has 13 aromatic carbocycles. The Morgan fingerprint density at radius 1 is 0.239 bits per heavy atom. The van der Waals surface area contributed by atoms with Crippen LogP contribution in [0.5, 0.6) is 0 Å². The van der Waals surface area contributed by atoms with Crippen molar-refractivity contribution in [3.05, 3.63) is 290 Å². The zero-order chi connectivity index (χ0) is 61.5. The van der Waals surface area contributed by atoms with E-state index in [1.54, 1.807) is 0 Å². The Morgan fingerprint density at radius 3 is 0.989 bits per heavy atom. The van der Waals surface area contributed by atoms with Crippen molar-refractivity contribution < 1.29 is 0 Å². The van der Waals surface area contributed by atoms with Gasteiger partial charge in [-0.15, -0.1) is 0 Å². The van der Waals surface area contributed by atoms with Gasteiger partial charge in [0.1, 0.15) is 0 Å². The van der Waals surface area contributed by atoms with E-state index < -0.39 is 0 Å². The van der Waals surface area contributed by atoms with Crippen molar-refractivity contribution in [2.45, 2.75) is 52.4 Å². The maximum atomic E-state index is 2.60. The van der Waals surface area contributed by atoms with Gasteiger partial charge in [0.05, 0.1) is 66.5 Å². The summed E-state index contributed by atoms with van der Waals surface area (Å²) in [5.74, 6) is 0. The summed E-state index contributed by atoms with van der Waals surface area (Å²) in [7, 11) is 0. The molecule has 19 aromatic rings. The zero-order valence-electron chi connectivity index (χ0n) is 52.2. The smallest absolute Gasteiger partial charge is 0.0641 e. The van der Waals surface area contributed by atoms with E-state index >= 15 is 0 Å². The van der Waals surface area contributed by atoms with E-state index in [2.05, 4.69) is 348 Å². The Kier molecular flexibility index (Phi) is 10.9. The molecule has 0 fully saturated rings. The second-order valence-corrected chi connectivity index (χ2v) is 27.4. The first-order chi connectivity index (χ1) is 44.9. The molecule has 438 valence electrons. The van der Waals surface area contributed by atoms with Crippen LogP contribution in [-0.4, -0.2) is 17.9 Å². The van der Waals surface area contributed by atoms with Crippen molar-refractivity contribution in [1.82, 2.24) is 17.9 Å². The highest BCUT2D eigenvalue weighted by Crippen LogP contribution is 2.53. The number of rotatable bonds is 8. The standard InChI is InChI=1S/C86H64N6/c1-85(2,3)53-35-41-75-69(47-53)81-77(87(55-23-11-7-12-24-55)59-37-43-73-65(49-59)61-31-19-21-33-71(61)89(73)57-27-15-9-16-28-57)45-39-63-67-52-80-68(51-79(67)91(75)83(63)81)64-40-46-78(82-70-48-54(86(4,5)6)36-42-76(70)92(80)84(64)82)88(56-25-13-8-14-26-56)60-38-44-74-66(50-60)62-32-20-22-34-72(62)90(74)58-29-17-10-18-30-58/h7-52H,1-6H3. The van der Waals surface area contributed by atoms with E-state index in [0.29, 0.717) is 0 Å². The minimum atomic E-state index is -0.0760. The summed E-state index contributed by atoms with van der Waals surface area (Å²) in [6.07, 6.45) is 0. The van der Waals surface area contributed by atoms with Crippen LogP contribution in [0.2, 0.25) is 0 Å². The highest BCUT2D eigenvalue weighted by Gasteiger charge is 2.31. The van der Waals surface area contributed by atoms with E-state index in [1.807, 2.05) is 0 Å². The van der Waals surface area contributed by atoms with E-state index in [-0.39, 0.29) is 10.8 Å². The molecule has 19 rings (SSSR count). The number of aromatic nitrogens is 4. The Bertz CT molecular complexity index is 5810. The summed E-state index contributed by atoms with van der Waals surface area (Å²) in [5, 5.41) is 14.8.